The second-order valence-electron chi connectivity index (χ2n) is 9.05. The van der Waals surface area contributed by atoms with E-state index in [1.165, 1.54) is 16.3 Å². The average molecular weight is 522 g/mol. The van der Waals surface area contributed by atoms with Crippen molar-refractivity contribution in [2.24, 2.45) is 0 Å². The molecule has 0 aliphatic heterocycles. The first-order chi connectivity index (χ1) is 17.6. The van der Waals surface area contributed by atoms with Crippen molar-refractivity contribution in [2.45, 2.75) is 51.6 Å². The van der Waals surface area contributed by atoms with Gasteiger partial charge in [0.15, 0.2) is 0 Å². The van der Waals surface area contributed by atoms with Crippen molar-refractivity contribution in [1.29, 1.82) is 0 Å². The molecule has 7 nitrogen and oxygen atoms in total. The number of nitrogens with one attached hydrogen (secondary N) is 1. The Morgan fingerprint density at radius 2 is 1.49 bits per heavy atom. The summed E-state index contributed by atoms with van der Waals surface area (Å²) in [6, 6.07) is 20.6. The molecule has 0 radical (unpaired) electrons. The molecule has 1 atom stereocenters. The molecular formula is C29H35N3O4S. The summed E-state index contributed by atoms with van der Waals surface area (Å²) in [4.78, 5) is 28.0. The Kier molecular flexibility index (Phi) is 9.10. The largest absolute Gasteiger partial charge is 0.357 e. The fourth-order valence-corrected chi connectivity index (χ4v) is 5.62. The van der Waals surface area contributed by atoms with Crippen LogP contribution >= 0.6 is 0 Å². The molecule has 0 saturated carbocycles. The molecule has 3 aromatic carbocycles. The molecule has 1 N–H and O–H groups in total. The number of amides is 2. The number of hydrogen-bond donors (Lipinski definition) is 1. The fourth-order valence-electron chi connectivity index (χ4n) is 4.17. The van der Waals surface area contributed by atoms with Gasteiger partial charge < -0.3 is 10.2 Å². The summed E-state index contributed by atoms with van der Waals surface area (Å²) in [6.07, 6.45) is 0.589. The number of anilines is 1. The molecule has 0 unspecified atom stereocenters. The molecule has 37 heavy (non-hydrogen) atoms. The second kappa shape index (κ2) is 12.1. The van der Waals surface area contributed by atoms with Gasteiger partial charge in [-0.15, -0.1) is 0 Å². The van der Waals surface area contributed by atoms with Gasteiger partial charge in [-0.1, -0.05) is 67.1 Å². The molecular weight excluding hydrogens is 486 g/mol. The molecule has 0 aliphatic carbocycles. The van der Waals surface area contributed by atoms with E-state index in [-0.39, 0.29) is 17.3 Å². The number of rotatable bonds is 10. The van der Waals surface area contributed by atoms with Gasteiger partial charge in [0.25, 0.3) is 10.0 Å². The zero-order valence-electron chi connectivity index (χ0n) is 22.1. The van der Waals surface area contributed by atoms with Crippen molar-refractivity contribution in [2.75, 3.05) is 17.9 Å². The van der Waals surface area contributed by atoms with Crippen molar-refractivity contribution < 1.29 is 18.0 Å². The molecule has 3 rings (SSSR count). The Morgan fingerprint density at radius 1 is 0.892 bits per heavy atom. The van der Waals surface area contributed by atoms with Crippen molar-refractivity contribution in [1.82, 2.24) is 10.2 Å². The van der Waals surface area contributed by atoms with E-state index in [9.17, 15) is 18.0 Å². The number of carbonyl (C=O) groups is 2. The number of benzene rings is 3. The van der Waals surface area contributed by atoms with Crippen LogP contribution in [0.1, 0.15) is 36.1 Å². The van der Waals surface area contributed by atoms with Crippen molar-refractivity contribution in [3.05, 3.63) is 95.1 Å². The Labute approximate surface area is 220 Å². The van der Waals surface area contributed by atoms with Crippen molar-refractivity contribution >= 4 is 27.5 Å². The molecule has 0 aromatic heterocycles. The monoisotopic (exact) mass is 521 g/mol. The highest BCUT2D eigenvalue weighted by molar-refractivity contribution is 7.92. The molecule has 0 bridgehead atoms. The predicted molar refractivity (Wildman–Crippen MR) is 147 cm³/mol. The van der Waals surface area contributed by atoms with Crippen LogP contribution in [0.25, 0.3) is 0 Å². The van der Waals surface area contributed by atoms with Gasteiger partial charge in [-0.2, -0.15) is 0 Å². The van der Waals surface area contributed by atoms with E-state index in [1.54, 1.807) is 43.3 Å². The summed E-state index contributed by atoms with van der Waals surface area (Å²) in [7, 11) is -2.56. The van der Waals surface area contributed by atoms with Gasteiger partial charge in [-0.25, -0.2) is 8.42 Å². The Balaban J connectivity index is 2.08. The summed E-state index contributed by atoms with van der Waals surface area (Å²) >= 11 is 0. The van der Waals surface area contributed by atoms with E-state index >= 15 is 0 Å². The molecule has 0 saturated heterocycles. The van der Waals surface area contributed by atoms with E-state index in [0.29, 0.717) is 12.1 Å². The second-order valence-corrected chi connectivity index (χ2v) is 10.9. The summed E-state index contributed by atoms with van der Waals surface area (Å²) in [5.41, 5.74) is 4.04. The quantitative estimate of drug-likeness (QED) is 0.433. The minimum atomic E-state index is -4.08. The number of aryl methyl sites for hydroxylation is 3. The van der Waals surface area contributed by atoms with E-state index in [0.717, 1.165) is 22.3 Å². The first kappa shape index (κ1) is 27.9. The first-order valence-electron chi connectivity index (χ1n) is 12.3. The van der Waals surface area contributed by atoms with Gasteiger partial charge in [0, 0.05) is 13.6 Å². The predicted octanol–water partition coefficient (Wildman–Crippen LogP) is 4.22. The summed E-state index contributed by atoms with van der Waals surface area (Å²) in [6.45, 7) is 7.14. The number of nitrogens with zero attached hydrogens (tertiary/aromatic N) is 2. The molecule has 8 heteroatoms. The number of likely N-dealkylation sites (N-methyl/N-ethyl adjacent to an activating group) is 1. The number of para-hydroxylation sites is 1. The maximum atomic E-state index is 13.9. The normalized spacial score (nSPS) is 12.0. The van der Waals surface area contributed by atoms with Crippen molar-refractivity contribution in [3.8, 4) is 0 Å². The minimum absolute atomic E-state index is 0.0987. The Hall–Kier alpha value is -3.65. The molecule has 3 aromatic rings. The van der Waals surface area contributed by atoms with E-state index < -0.39 is 28.5 Å². The van der Waals surface area contributed by atoms with Crippen LogP contribution in [-0.2, 0) is 32.6 Å². The van der Waals surface area contributed by atoms with Gasteiger partial charge in [0.1, 0.15) is 12.6 Å². The lowest BCUT2D eigenvalue weighted by Gasteiger charge is -2.32. The van der Waals surface area contributed by atoms with Gasteiger partial charge in [0.05, 0.1) is 10.6 Å². The third kappa shape index (κ3) is 6.38. The summed E-state index contributed by atoms with van der Waals surface area (Å²) < 4.78 is 29.0. The van der Waals surface area contributed by atoms with Crippen LogP contribution in [-0.4, -0.2) is 44.8 Å². The van der Waals surface area contributed by atoms with Crippen LogP contribution < -0.4 is 9.62 Å². The van der Waals surface area contributed by atoms with Gasteiger partial charge in [-0.3, -0.25) is 13.9 Å². The number of carbonyl (C=O) groups excluding carboxylic acids is 2. The van der Waals surface area contributed by atoms with Crippen LogP contribution in [0.2, 0.25) is 0 Å². The molecule has 2 amide bonds. The standard InChI is InChI=1S/C29H35N3O4S/c1-6-24-12-9-10-14-27(24)32(37(35,36)26-17-15-21(2)16-18-26)20-28(33)31(23(4)29(34)30-5)19-25-13-8-7-11-22(25)3/h7-18,23H,6,19-20H2,1-5H3,(H,30,34)/t23-/m0/s1. The van der Waals surface area contributed by atoms with Crippen LogP contribution in [0, 0.1) is 13.8 Å². The van der Waals surface area contributed by atoms with Crippen LogP contribution in [0.4, 0.5) is 5.69 Å². The van der Waals surface area contributed by atoms with Crippen LogP contribution in [0.5, 0.6) is 0 Å². The Bertz CT molecular complexity index is 1350. The molecule has 0 fully saturated rings. The third-order valence-electron chi connectivity index (χ3n) is 6.54. The maximum Gasteiger partial charge on any atom is 0.264 e. The number of hydrogen-bond acceptors (Lipinski definition) is 4. The van der Waals surface area contributed by atoms with Crippen molar-refractivity contribution in [3.63, 3.8) is 0 Å². The van der Waals surface area contributed by atoms with Gasteiger partial charge in [-0.05, 0) is 62.1 Å². The zero-order valence-corrected chi connectivity index (χ0v) is 22.9. The smallest absolute Gasteiger partial charge is 0.264 e. The van der Waals surface area contributed by atoms with E-state index in [1.807, 2.05) is 57.2 Å². The van der Waals surface area contributed by atoms with Crippen LogP contribution in [0.3, 0.4) is 0 Å². The fraction of sp³-hybridized carbons (Fsp3) is 0.310. The average Bonchev–Trinajstić information content (AvgIpc) is 2.90. The summed E-state index contributed by atoms with van der Waals surface area (Å²) in [5, 5.41) is 2.60. The zero-order chi connectivity index (χ0) is 27.2. The highest BCUT2D eigenvalue weighted by Crippen LogP contribution is 2.28. The molecule has 196 valence electrons. The third-order valence-corrected chi connectivity index (χ3v) is 8.32. The van der Waals surface area contributed by atoms with E-state index in [2.05, 4.69) is 5.32 Å². The molecule has 0 heterocycles. The minimum Gasteiger partial charge on any atom is -0.357 e. The lowest BCUT2D eigenvalue weighted by atomic mass is 10.1. The lowest BCUT2D eigenvalue weighted by molar-refractivity contribution is -0.139. The lowest BCUT2D eigenvalue weighted by Crippen LogP contribution is -2.51. The molecule has 0 aliphatic rings. The highest BCUT2D eigenvalue weighted by Gasteiger charge is 2.33. The van der Waals surface area contributed by atoms with Crippen LogP contribution in [0.15, 0.2) is 77.7 Å². The number of sulfonamides is 1. The topological polar surface area (TPSA) is 86.8 Å². The molecule has 0 spiro atoms. The summed E-state index contributed by atoms with van der Waals surface area (Å²) in [5.74, 6) is -0.801. The first-order valence-corrected chi connectivity index (χ1v) is 13.8. The maximum absolute atomic E-state index is 13.9. The highest BCUT2D eigenvalue weighted by atomic mass is 32.2. The van der Waals surface area contributed by atoms with Gasteiger partial charge >= 0.3 is 0 Å². The van der Waals surface area contributed by atoms with E-state index in [4.69, 9.17) is 0 Å². The van der Waals surface area contributed by atoms with Gasteiger partial charge in [0.2, 0.25) is 11.8 Å². The SMILES string of the molecule is CCc1ccccc1N(CC(=O)N(Cc1ccccc1C)[C@@H](C)C(=O)NC)S(=O)(=O)c1ccc(C)cc1. The Morgan fingerprint density at radius 3 is 2.08 bits per heavy atom.